The number of fused-ring (bicyclic) bond motifs is 1. The normalized spacial score (nSPS) is 34.6. The van der Waals surface area contributed by atoms with Crippen molar-refractivity contribution >= 4 is 11.8 Å². The molecule has 8 heteroatoms. The lowest BCUT2D eigenvalue weighted by Gasteiger charge is -2.41. The maximum Gasteiger partial charge on any atom is 0.329 e. The Kier molecular flexibility index (Phi) is 4.07. The van der Waals surface area contributed by atoms with E-state index in [1.165, 1.54) is 28.6 Å². The van der Waals surface area contributed by atoms with E-state index in [9.17, 15) is 14.7 Å². The van der Waals surface area contributed by atoms with Crippen LogP contribution in [0.3, 0.4) is 0 Å². The van der Waals surface area contributed by atoms with Crippen LogP contribution in [0.25, 0.3) is 0 Å². The molecule has 1 unspecified atom stereocenters. The summed E-state index contributed by atoms with van der Waals surface area (Å²) in [6, 6.07) is 10.8. The number of aliphatic hydroxyl groups is 1. The highest BCUT2D eigenvalue weighted by molar-refractivity contribution is 8.00. The SMILES string of the molecule is CC1(c2ccccc2)OC[C@@H]2S[C@@H](n3ccc(=O)[nH]c3=O)[C@@H](O)[C@@H]2O1. The Labute approximate surface area is 147 Å². The van der Waals surface area contributed by atoms with Gasteiger partial charge in [-0.05, 0) is 6.92 Å². The van der Waals surface area contributed by atoms with Crippen molar-refractivity contribution in [3.63, 3.8) is 0 Å². The summed E-state index contributed by atoms with van der Waals surface area (Å²) in [5.41, 5.74) is -0.142. The zero-order chi connectivity index (χ0) is 17.6. The van der Waals surface area contributed by atoms with Gasteiger partial charge in [0, 0.05) is 17.8 Å². The fourth-order valence-corrected chi connectivity index (χ4v) is 4.77. The molecule has 2 aliphatic rings. The van der Waals surface area contributed by atoms with Crippen LogP contribution in [-0.2, 0) is 15.3 Å². The fourth-order valence-electron chi connectivity index (χ4n) is 3.28. The lowest BCUT2D eigenvalue weighted by Crippen LogP contribution is -2.49. The summed E-state index contributed by atoms with van der Waals surface area (Å²) in [6.45, 7) is 2.22. The van der Waals surface area contributed by atoms with Gasteiger partial charge in [-0.2, -0.15) is 0 Å². The molecule has 2 saturated heterocycles. The van der Waals surface area contributed by atoms with Crippen molar-refractivity contribution in [3.05, 3.63) is 69.0 Å². The molecule has 25 heavy (non-hydrogen) atoms. The van der Waals surface area contributed by atoms with Crippen LogP contribution in [0.15, 0.2) is 52.2 Å². The fraction of sp³-hybridized carbons (Fsp3) is 0.412. The first-order chi connectivity index (χ1) is 12.0. The Morgan fingerprint density at radius 3 is 2.76 bits per heavy atom. The van der Waals surface area contributed by atoms with Gasteiger partial charge in [-0.15, -0.1) is 11.8 Å². The number of ether oxygens (including phenoxy) is 2. The first kappa shape index (κ1) is 16.6. The first-order valence-corrected chi connectivity index (χ1v) is 8.94. The molecule has 2 aliphatic heterocycles. The van der Waals surface area contributed by atoms with Crippen LogP contribution in [0.1, 0.15) is 17.9 Å². The second-order valence-corrected chi connectivity index (χ2v) is 7.64. The van der Waals surface area contributed by atoms with Gasteiger partial charge in [-0.1, -0.05) is 30.3 Å². The smallest absolute Gasteiger partial charge is 0.329 e. The molecule has 0 amide bonds. The molecule has 3 heterocycles. The predicted molar refractivity (Wildman–Crippen MR) is 92.4 cm³/mol. The van der Waals surface area contributed by atoms with Crippen molar-refractivity contribution in [2.45, 2.75) is 35.5 Å². The first-order valence-electron chi connectivity index (χ1n) is 8.00. The van der Waals surface area contributed by atoms with Crippen LogP contribution in [0, 0.1) is 0 Å². The summed E-state index contributed by atoms with van der Waals surface area (Å²) < 4.78 is 13.4. The summed E-state index contributed by atoms with van der Waals surface area (Å²) in [5.74, 6) is -0.950. The van der Waals surface area contributed by atoms with Gasteiger partial charge < -0.3 is 14.6 Å². The maximum atomic E-state index is 12.0. The molecule has 0 saturated carbocycles. The third-order valence-corrected chi connectivity index (χ3v) is 6.16. The van der Waals surface area contributed by atoms with E-state index in [1.54, 1.807) is 0 Å². The average Bonchev–Trinajstić information content (AvgIpc) is 2.92. The molecule has 132 valence electrons. The van der Waals surface area contributed by atoms with Gasteiger partial charge in [0.05, 0.1) is 11.9 Å². The lowest BCUT2D eigenvalue weighted by molar-refractivity contribution is -0.301. The lowest BCUT2D eigenvalue weighted by atomic mass is 10.0. The van der Waals surface area contributed by atoms with E-state index in [-0.39, 0.29) is 5.25 Å². The highest BCUT2D eigenvalue weighted by Crippen LogP contribution is 2.48. The summed E-state index contributed by atoms with van der Waals surface area (Å²) in [5, 5.41) is 10.1. The van der Waals surface area contributed by atoms with Gasteiger partial charge in [0.25, 0.3) is 5.56 Å². The number of aromatic amines is 1. The third kappa shape index (κ3) is 2.85. The highest BCUT2D eigenvalue weighted by atomic mass is 32.2. The quantitative estimate of drug-likeness (QED) is 0.821. The zero-order valence-electron chi connectivity index (χ0n) is 13.5. The number of nitrogens with zero attached hydrogens (tertiary/aromatic N) is 1. The van der Waals surface area contributed by atoms with E-state index in [0.717, 1.165) is 5.56 Å². The van der Waals surface area contributed by atoms with Crippen LogP contribution in [0.2, 0.25) is 0 Å². The molecule has 0 radical (unpaired) electrons. The van der Waals surface area contributed by atoms with Gasteiger partial charge in [-0.3, -0.25) is 14.3 Å². The zero-order valence-corrected chi connectivity index (χ0v) is 14.3. The van der Waals surface area contributed by atoms with E-state index in [1.807, 2.05) is 37.3 Å². The Morgan fingerprint density at radius 2 is 2.04 bits per heavy atom. The molecule has 2 N–H and O–H groups in total. The molecule has 0 aliphatic carbocycles. The number of hydrogen-bond donors (Lipinski definition) is 2. The van der Waals surface area contributed by atoms with Gasteiger partial charge in [-0.25, -0.2) is 4.79 Å². The number of nitrogens with one attached hydrogen (secondary N) is 1. The molecule has 2 fully saturated rings. The Balaban J connectivity index is 1.62. The van der Waals surface area contributed by atoms with Crippen LogP contribution in [-0.4, -0.2) is 38.7 Å². The minimum Gasteiger partial charge on any atom is -0.387 e. The minimum atomic E-state index is -0.950. The van der Waals surface area contributed by atoms with Crippen molar-refractivity contribution in [3.8, 4) is 0 Å². The number of aromatic nitrogens is 2. The van der Waals surface area contributed by atoms with E-state index in [2.05, 4.69) is 4.98 Å². The number of H-pyrrole nitrogens is 1. The van der Waals surface area contributed by atoms with Crippen LogP contribution >= 0.6 is 11.8 Å². The number of aliphatic hydroxyl groups excluding tert-OH is 1. The molecular formula is C17H18N2O5S. The highest BCUT2D eigenvalue weighted by Gasteiger charge is 2.52. The van der Waals surface area contributed by atoms with E-state index < -0.39 is 34.6 Å². The molecule has 0 spiro atoms. The van der Waals surface area contributed by atoms with Gasteiger partial charge >= 0.3 is 5.69 Å². The third-order valence-electron chi connectivity index (χ3n) is 4.62. The summed E-state index contributed by atoms with van der Waals surface area (Å²) >= 11 is 1.41. The van der Waals surface area contributed by atoms with E-state index >= 15 is 0 Å². The van der Waals surface area contributed by atoms with Crippen molar-refractivity contribution < 1.29 is 14.6 Å². The molecule has 2 aromatic rings. The van der Waals surface area contributed by atoms with Crippen molar-refractivity contribution in [1.82, 2.24) is 9.55 Å². The largest absolute Gasteiger partial charge is 0.387 e. The standard InChI is InChI=1S/C17H18N2O5S/c1-17(10-5-3-2-4-6-10)23-9-11-14(24-17)13(21)15(25-11)19-8-7-12(20)18-16(19)22/h2-8,11,13-15,21H,9H2,1H3,(H,18,20,22)/t11-,13-,14+,15+,17?/m0/s1. The second-order valence-electron chi connectivity index (χ2n) is 6.28. The molecule has 7 nitrogen and oxygen atoms in total. The number of hydrogen-bond acceptors (Lipinski definition) is 6. The van der Waals surface area contributed by atoms with Gasteiger partial charge in [0.15, 0.2) is 5.79 Å². The van der Waals surface area contributed by atoms with Crippen molar-refractivity contribution in [1.29, 1.82) is 0 Å². The second kappa shape index (κ2) is 6.14. The summed E-state index contributed by atoms with van der Waals surface area (Å²) in [6.07, 6.45) is 0.0229. The molecular weight excluding hydrogens is 344 g/mol. The molecule has 0 bridgehead atoms. The van der Waals surface area contributed by atoms with Gasteiger partial charge in [0.1, 0.15) is 17.6 Å². The summed E-state index contributed by atoms with van der Waals surface area (Å²) in [7, 11) is 0. The molecule has 5 atom stereocenters. The van der Waals surface area contributed by atoms with Crippen molar-refractivity contribution in [2.24, 2.45) is 0 Å². The Morgan fingerprint density at radius 1 is 1.28 bits per heavy atom. The van der Waals surface area contributed by atoms with Crippen molar-refractivity contribution in [2.75, 3.05) is 6.61 Å². The van der Waals surface area contributed by atoms with Gasteiger partial charge in [0.2, 0.25) is 0 Å². The number of benzene rings is 1. The minimum absolute atomic E-state index is 0.101. The monoisotopic (exact) mass is 362 g/mol. The maximum absolute atomic E-state index is 12.0. The molecule has 1 aromatic carbocycles. The Hall–Kier alpha value is -1.87. The number of thioether (sulfide) groups is 1. The van der Waals surface area contributed by atoms with Crippen LogP contribution in [0.4, 0.5) is 0 Å². The Bertz CT molecular complexity index is 882. The van der Waals surface area contributed by atoms with Crippen LogP contribution in [0.5, 0.6) is 0 Å². The van der Waals surface area contributed by atoms with Crippen LogP contribution < -0.4 is 11.2 Å². The molecule has 4 rings (SSSR count). The van der Waals surface area contributed by atoms with E-state index in [0.29, 0.717) is 6.61 Å². The average molecular weight is 362 g/mol. The predicted octanol–water partition coefficient (Wildman–Crippen LogP) is 0.800. The topological polar surface area (TPSA) is 93.6 Å². The number of rotatable bonds is 2. The van der Waals surface area contributed by atoms with E-state index in [4.69, 9.17) is 9.47 Å². The molecule has 1 aromatic heterocycles. The summed E-state index contributed by atoms with van der Waals surface area (Å²) in [4.78, 5) is 25.5.